The molecule has 0 fully saturated rings. The number of carbonyl (C=O) groups is 1. The predicted molar refractivity (Wildman–Crippen MR) is 88.2 cm³/mol. The molecule has 1 aromatic carbocycles. The van der Waals surface area contributed by atoms with Crippen LogP contribution in [0.2, 0.25) is 0 Å². The minimum absolute atomic E-state index is 0.00828. The van der Waals surface area contributed by atoms with Crippen molar-refractivity contribution >= 4 is 39.0 Å². The first-order valence-electron chi connectivity index (χ1n) is 6.23. The topological polar surface area (TPSA) is 55.6 Å². The van der Waals surface area contributed by atoms with Gasteiger partial charge in [0.2, 0.25) is 0 Å². The van der Waals surface area contributed by atoms with Gasteiger partial charge in [0, 0.05) is 24.5 Å². The molecule has 0 saturated carbocycles. The second-order valence-corrected chi connectivity index (χ2v) is 6.01. The van der Waals surface area contributed by atoms with Crippen molar-refractivity contribution in [2.45, 2.75) is 20.3 Å². The normalized spacial score (nSPS) is 10.2. The summed E-state index contributed by atoms with van der Waals surface area (Å²) in [6.45, 7) is 4.49. The number of likely N-dealkylation sites (N-methyl/N-ethyl adjacent to an activating group) is 1. The Balaban J connectivity index is 2.54. The molecule has 0 aromatic heterocycles. The van der Waals surface area contributed by atoms with Crippen LogP contribution >= 0.6 is 28.1 Å². The second-order valence-electron chi connectivity index (χ2n) is 4.69. The van der Waals surface area contributed by atoms with Gasteiger partial charge in [0.05, 0.1) is 4.99 Å². The Hall–Kier alpha value is -1.14. The molecule has 2 N–H and O–H groups in total. The van der Waals surface area contributed by atoms with E-state index in [0.717, 1.165) is 15.6 Å². The maximum absolute atomic E-state index is 11.9. The first-order chi connectivity index (χ1) is 9.31. The number of hydrogen-bond donors (Lipinski definition) is 1. The molecule has 0 radical (unpaired) electrons. The van der Waals surface area contributed by atoms with E-state index in [4.69, 9.17) is 22.7 Å². The van der Waals surface area contributed by atoms with Crippen molar-refractivity contribution in [3.05, 3.63) is 27.7 Å². The maximum Gasteiger partial charge on any atom is 0.260 e. The van der Waals surface area contributed by atoms with Crippen LogP contribution in [0.25, 0.3) is 0 Å². The van der Waals surface area contributed by atoms with Gasteiger partial charge in [-0.1, -0.05) is 28.1 Å². The number of halogens is 1. The Morgan fingerprint density at radius 3 is 2.45 bits per heavy atom. The minimum Gasteiger partial charge on any atom is -0.484 e. The molecule has 0 aliphatic rings. The van der Waals surface area contributed by atoms with E-state index in [0.29, 0.717) is 23.7 Å². The Morgan fingerprint density at radius 2 is 1.95 bits per heavy atom. The van der Waals surface area contributed by atoms with Gasteiger partial charge in [-0.25, -0.2) is 0 Å². The number of rotatable bonds is 6. The van der Waals surface area contributed by atoms with Crippen LogP contribution in [0, 0.1) is 13.8 Å². The summed E-state index contributed by atoms with van der Waals surface area (Å²) in [6.07, 6.45) is 0.522. The number of nitrogens with two attached hydrogens (primary N) is 1. The molecule has 20 heavy (non-hydrogen) atoms. The van der Waals surface area contributed by atoms with Crippen molar-refractivity contribution in [2.24, 2.45) is 5.73 Å². The summed E-state index contributed by atoms with van der Waals surface area (Å²) >= 11 is 8.28. The number of hydrogen-bond acceptors (Lipinski definition) is 3. The number of carbonyl (C=O) groups excluding carboxylic acids is 1. The van der Waals surface area contributed by atoms with Crippen molar-refractivity contribution in [1.82, 2.24) is 4.90 Å². The van der Waals surface area contributed by atoms with Crippen LogP contribution in [-0.4, -0.2) is 36.0 Å². The summed E-state index contributed by atoms with van der Waals surface area (Å²) in [4.78, 5) is 13.8. The van der Waals surface area contributed by atoms with Gasteiger partial charge >= 0.3 is 0 Å². The second kappa shape index (κ2) is 7.59. The predicted octanol–water partition coefficient (Wildman–Crippen LogP) is 2.58. The lowest BCUT2D eigenvalue weighted by atomic mass is 10.1. The fourth-order valence-electron chi connectivity index (χ4n) is 1.65. The largest absolute Gasteiger partial charge is 0.484 e. The summed E-state index contributed by atoms with van der Waals surface area (Å²) in [7, 11) is 1.71. The molecule has 110 valence electrons. The van der Waals surface area contributed by atoms with Gasteiger partial charge in [-0.2, -0.15) is 0 Å². The minimum atomic E-state index is -0.0977. The van der Waals surface area contributed by atoms with Crippen LogP contribution in [0.3, 0.4) is 0 Å². The molecule has 0 atom stereocenters. The van der Waals surface area contributed by atoms with Crippen LogP contribution in [0.5, 0.6) is 5.75 Å². The molecule has 1 aromatic rings. The number of aryl methyl sites for hydroxylation is 2. The van der Waals surface area contributed by atoms with Crippen LogP contribution in [0.15, 0.2) is 16.6 Å². The fourth-order valence-corrected chi connectivity index (χ4v) is 1.97. The quantitative estimate of drug-likeness (QED) is 0.794. The molecule has 0 aliphatic heterocycles. The van der Waals surface area contributed by atoms with Crippen molar-refractivity contribution in [3.8, 4) is 5.75 Å². The van der Waals surface area contributed by atoms with Gasteiger partial charge in [0.15, 0.2) is 6.61 Å². The highest BCUT2D eigenvalue weighted by atomic mass is 79.9. The summed E-state index contributed by atoms with van der Waals surface area (Å²) in [6, 6.07) is 3.80. The van der Waals surface area contributed by atoms with Crippen molar-refractivity contribution in [1.29, 1.82) is 0 Å². The van der Waals surface area contributed by atoms with Crippen LogP contribution in [0.1, 0.15) is 17.5 Å². The fraction of sp³-hybridized carbons (Fsp3) is 0.429. The molecule has 0 bridgehead atoms. The third-order valence-electron chi connectivity index (χ3n) is 2.89. The monoisotopic (exact) mass is 358 g/mol. The number of amides is 1. The van der Waals surface area contributed by atoms with Crippen molar-refractivity contribution < 1.29 is 9.53 Å². The first-order valence-corrected chi connectivity index (χ1v) is 7.43. The Kier molecular flexibility index (Phi) is 6.42. The van der Waals surface area contributed by atoms with Gasteiger partial charge in [-0.3, -0.25) is 4.79 Å². The first kappa shape index (κ1) is 16.9. The van der Waals surface area contributed by atoms with E-state index in [2.05, 4.69) is 15.9 Å². The smallest absolute Gasteiger partial charge is 0.260 e. The number of benzene rings is 1. The Bertz CT molecular complexity index is 497. The van der Waals surface area contributed by atoms with Gasteiger partial charge < -0.3 is 15.4 Å². The van der Waals surface area contributed by atoms with Gasteiger partial charge in [0.1, 0.15) is 5.75 Å². The molecule has 6 heteroatoms. The molecule has 0 saturated heterocycles. The van der Waals surface area contributed by atoms with Gasteiger partial charge in [0.25, 0.3) is 5.91 Å². The third-order valence-corrected chi connectivity index (χ3v) is 4.35. The Morgan fingerprint density at radius 1 is 1.40 bits per heavy atom. The Labute approximate surface area is 133 Å². The molecule has 0 heterocycles. The van der Waals surface area contributed by atoms with E-state index >= 15 is 0 Å². The molecular formula is C14H19BrN2O2S. The average Bonchev–Trinajstić information content (AvgIpc) is 2.39. The lowest BCUT2D eigenvalue weighted by Crippen LogP contribution is -2.33. The van der Waals surface area contributed by atoms with Crippen LogP contribution in [-0.2, 0) is 4.79 Å². The van der Waals surface area contributed by atoms with E-state index in [9.17, 15) is 4.79 Å². The van der Waals surface area contributed by atoms with E-state index in [1.807, 2.05) is 26.0 Å². The zero-order valence-electron chi connectivity index (χ0n) is 11.9. The highest BCUT2D eigenvalue weighted by Crippen LogP contribution is 2.26. The lowest BCUT2D eigenvalue weighted by molar-refractivity contribution is -0.131. The molecule has 0 spiro atoms. The number of thiocarbonyl (C=S) groups is 1. The SMILES string of the molecule is Cc1cc(OCC(=O)N(C)CCC(N)=S)cc(C)c1Br. The lowest BCUT2D eigenvalue weighted by Gasteiger charge is -2.17. The summed E-state index contributed by atoms with van der Waals surface area (Å²) in [5, 5.41) is 0. The molecular weight excluding hydrogens is 340 g/mol. The van der Waals surface area contributed by atoms with Crippen molar-refractivity contribution in [2.75, 3.05) is 20.2 Å². The molecule has 0 aliphatic carbocycles. The van der Waals surface area contributed by atoms with E-state index < -0.39 is 0 Å². The zero-order valence-corrected chi connectivity index (χ0v) is 14.3. The van der Waals surface area contributed by atoms with Crippen molar-refractivity contribution in [3.63, 3.8) is 0 Å². The van der Waals surface area contributed by atoms with Gasteiger partial charge in [-0.15, -0.1) is 0 Å². The number of nitrogens with zero attached hydrogens (tertiary/aromatic N) is 1. The van der Waals surface area contributed by atoms with E-state index in [1.54, 1.807) is 11.9 Å². The molecule has 0 unspecified atom stereocenters. The standard InChI is InChI=1S/C14H19BrN2O2S/c1-9-6-11(7-10(2)14(9)15)19-8-13(18)17(3)5-4-12(16)20/h6-7H,4-5,8H2,1-3H3,(H2,16,20). The molecule has 1 amide bonds. The number of ether oxygens (including phenoxy) is 1. The highest BCUT2D eigenvalue weighted by Gasteiger charge is 2.10. The molecule has 1 rings (SSSR count). The van der Waals surface area contributed by atoms with E-state index in [-0.39, 0.29) is 12.5 Å². The summed E-state index contributed by atoms with van der Waals surface area (Å²) < 4.78 is 6.60. The highest BCUT2D eigenvalue weighted by molar-refractivity contribution is 9.10. The third kappa shape index (κ3) is 5.09. The maximum atomic E-state index is 11.9. The molecule has 4 nitrogen and oxygen atoms in total. The van der Waals surface area contributed by atoms with Gasteiger partial charge in [-0.05, 0) is 37.1 Å². The van der Waals surface area contributed by atoms with Crippen LogP contribution in [0.4, 0.5) is 0 Å². The summed E-state index contributed by atoms with van der Waals surface area (Å²) in [5.41, 5.74) is 7.57. The summed E-state index contributed by atoms with van der Waals surface area (Å²) in [5.74, 6) is 0.596. The van der Waals surface area contributed by atoms with E-state index in [1.165, 1.54) is 0 Å². The zero-order chi connectivity index (χ0) is 15.3. The average molecular weight is 359 g/mol. The van der Waals surface area contributed by atoms with Crippen LogP contribution < -0.4 is 10.5 Å².